The number of carbonyl (C=O) groups is 1. The SMILES string of the molecule is CCS(=O)(=O)c1ncc(Br)c(C(=O)Nc2ccccc2Br)n1. The Balaban J connectivity index is 2.38. The average Bonchev–Trinajstić information content (AvgIpc) is 2.49. The van der Waals surface area contributed by atoms with Crippen molar-refractivity contribution in [3.8, 4) is 0 Å². The van der Waals surface area contributed by atoms with E-state index in [0.717, 1.165) is 0 Å². The quantitative estimate of drug-likeness (QED) is 0.726. The van der Waals surface area contributed by atoms with E-state index < -0.39 is 15.7 Å². The maximum absolute atomic E-state index is 12.3. The van der Waals surface area contributed by atoms with Gasteiger partial charge in [0.05, 0.1) is 15.9 Å². The third kappa shape index (κ3) is 3.71. The van der Waals surface area contributed by atoms with Crippen LogP contribution in [0.5, 0.6) is 0 Å². The third-order valence-electron chi connectivity index (χ3n) is 2.72. The van der Waals surface area contributed by atoms with Crippen LogP contribution >= 0.6 is 31.9 Å². The molecule has 0 aliphatic carbocycles. The number of anilines is 1. The van der Waals surface area contributed by atoms with Gasteiger partial charge in [-0.05, 0) is 44.0 Å². The summed E-state index contributed by atoms with van der Waals surface area (Å²) in [5.41, 5.74) is 0.510. The van der Waals surface area contributed by atoms with Crippen molar-refractivity contribution >= 4 is 53.3 Å². The van der Waals surface area contributed by atoms with Crippen molar-refractivity contribution in [2.45, 2.75) is 12.1 Å². The zero-order chi connectivity index (χ0) is 16.3. The van der Waals surface area contributed by atoms with Crippen molar-refractivity contribution in [1.82, 2.24) is 9.97 Å². The predicted octanol–water partition coefficient (Wildman–Crippen LogP) is 3.05. The Kier molecular flexibility index (Phi) is 5.30. The van der Waals surface area contributed by atoms with Gasteiger partial charge in [-0.25, -0.2) is 18.4 Å². The first-order chi connectivity index (χ1) is 10.3. The molecule has 0 aliphatic rings. The van der Waals surface area contributed by atoms with Crippen LogP contribution in [0.4, 0.5) is 5.69 Å². The smallest absolute Gasteiger partial charge is 0.275 e. The number of rotatable bonds is 4. The van der Waals surface area contributed by atoms with Crippen molar-refractivity contribution in [2.75, 3.05) is 11.1 Å². The van der Waals surface area contributed by atoms with E-state index in [-0.39, 0.29) is 16.6 Å². The van der Waals surface area contributed by atoms with Crippen LogP contribution in [-0.2, 0) is 9.84 Å². The lowest BCUT2D eigenvalue weighted by molar-refractivity contribution is 0.102. The van der Waals surface area contributed by atoms with Crippen LogP contribution in [0.1, 0.15) is 17.4 Å². The van der Waals surface area contributed by atoms with Crippen molar-refractivity contribution < 1.29 is 13.2 Å². The van der Waals surface area contributed by atoms with Gasteiger partial charge in [-0.3, -0.25) is 4.79 Å². The van der Waals surface area contributed by atoms with Crippen LogP contribution in [0.15, 0.2) is 44.6 Å². The Bertz CT molecular complexity index is 825. The van der Waals surface area contributed by atoms with Crippen LogP contribution in [0.25, 0.3) is 0 Å². The van der Waals surface area contributed by atoms with Crippen molar-refractivity contribution in [2.24, 2.45) is 0 Å². The van der Waals surface area contributed by atoms with E-state index in [4.69, 9.17) is 0 Å². The second-order valence-corrected chi connectivity index (χ2v) is 8.07. The molecule has 2 rings (SSSR count). The zero-order valence-electron chi connectivity index (χ0n) is 11.4. The van der Waals surface area contributed by atoms with Crippen molar-refractivity contribution in [3.05, 3.63) is 45.1 Å². The molecule has 0 bridgehead atoms. The summed E-state index contributed by atoms with van der Waals surface area (Å²) in [5.74, 6) is -0.673. The molecule has 1 heterocycles. The number of nitrogens with one attached hydrogen (secondary N) is 1. The van der Waals surface area contributed by atoms with E-state index >= 15 is 0 Å². The van der Waals surface area contributed by atoms with Gasteiger partial charge in [0.1, 0.15) is 5.69 Å². The number of benzene rings is 1. The molecule has 1 amide bonds. The molecule has 9 heteroatoms. The molecule has 0 saturated heterocycles. The van der Waals surface area contributed by atoms with Gasteiger partial charge in [0.2, 0.25) is 15.0 Å². The number of amides is 1. The first kappa shape index (κ1) is 17.0. The Hall–Kier alpha value is -1.32. The number of sulfone groups is 1. The highest BCUT2D eigenvalue weighted by atomic mass is 79.9. The van der Waals surface area contributed by atoms with Gasteiger partial charge < -0.3 is 5.32 Å². The van der Waals surface area contributed by atoms with Crippen LogP contribution in [0.2, 0.25) is 0 Å². The summed E-state index contributed by atoms with van der Waals surface area (Å²) in [6.07, 6.45) is 1.25. The molecule has 0 atom stereocenters. The minimum absolute atomic E-state index is 0.0437. The van der Waals surface area contributed by atoms with Crippen LogP contribution in [0.3, 0.4) is 0 Å². The number of nitrogens with zero attached hydrogens (tertiary/aromatic N) is 2. The Labute approximate surface area is 144 Å². The Morgan fingerprint density at radius 3 is 2.55 bits per heavy atom. The second kappa shape index (κ2) is 6.84. The highest BCUT2D eigenvalue weighted by Crippen LogP contribution is 2.23. The van der Waals surface area contributed by atoms with Gasteiger partial charge in [-0.2, -0.15) is 0 Å². The molecule has 2 aromatic rings. The topological polar surface area (TPSA) is 89.0 Å². The van der Waals surface area contributed by atoms with E-state index in [0.29, 0.717) is 14.6 Å². The minimum Gasteiger partial charge on any atom is -0.320 e. The first-order valence-corrected chi connectivity index (χ1v) is 9.40. The Morgan fingerprint density at radius 1 is 1.23 bits per heavy atom. The predicted molar refractivity (Wildman–Crippen MR) is 89.6 cm³/mol. The fraction of sp³-hybridized carbons (Fsp3) is 0.154. The number of para-hydroxylation sites is 1. The number of halogens is 2. The molecule has 1 aromatic heterocycles. The summed E-state index contributed by atoms with van der Waals surface area (Å²) in [6.45, 7) is 1.49. The molecule has 0 aliphatic heterocycles. The van der Waals surface area contributed by atoms with E-state index in [1.54, 1.807) is 18.2 Å². The number of hydrogen-bond acceptors (Lipinski definition) is 5. The largest absolute Gasteiger partial charge is 0.320 e. The van der Waals surface area contributed by atoms with Crippen molar-refractivity contribution in [1.29, 1.82) is 0 Å². The summed E-state index contributed by atoms with van der Waals surface area (Å²) in [6, 6.07) is 7.06. The molecule has 0 fully saturated rings. The summed E-state index contributed by atoms with van der Waals surface area (Å²) < 4.78 is 24.7. The maximum Gasteiger partial charge on any atom is 0.275 e. The second-order valence-electron chi connectivity index (χ2n) is 4.19. The molecular formula is C13H11Br2N3O3S. The zero-order valence-corrected chi connectivity index (χ0v) is 15.4. The van der Waals surface area contributed by atoms with Crippen LogP contribution < -0.4 is 5.32 Å². The van der Waals surface area contributed by atoms with Gasteiger partial charge in [-0.15, -0.1) is 0 Å². The van der Waals surface area contributed by atoms with Crippen LogP contribution in [-0.4, -0.2) is 30.0 Å². The molecule has 0 radical (unpaired) electrons. The highest BCUT2D eigenvalue weighted by molar-refractivity contribution is 9.11. The van der Waals surface area contributed by atoms with Crippen molar-refractivity contribution in [3.63, 3.8) is 0 Å². The van der Waals surface area contributed by atoms with E-state index in [1.807, 2.05) is 6.07 Å². The van der Waals surface area contributed by atoms with Gasteiger partial charge in [-0.1, -0.05) is 19.1 Å². The monoisotopic (exact) mass is 447 g/mol. The van der Waals surface area contributed by atoms with E-state index in [2.05, 4.69) is 47.1 Å². The van der Waals surface area contributed by atoms with E-state index in [1.165, 1.54) is 13.1 Å². The molecular weight excluding hydrogens is 438 g/mol. The molecule has 116 valence electrons. The van der Waals surface area contributed by atoms with Crippen LogP contribution in [0, 0.1) is 0 Å². The maximum atomic E-state index is 12.3. The summed E-state index contributed by atoms with van der Waals surface area (Å²) in [5, 5.41) is 2.30. The number of carbonyl (C=O) groups excluding carboxylic acids is 1. The summed E-state index contributed by atoms with van der Waals surface area (Å²) >= 11 is 6.48. The third-order valence-corrected chi connectivity index (χ3v) is 5.50. The molecule has 1 aromatic carbocycles. The first-order valence-electron chi connectivity index (χ1n) is 6.16. The van der Waals surface area contributed by atoms with Gasteiger partial charge in [0.15, 0.2) is 0 Å². The molecule has 0 saturated carbocycles. The Morgan fingerprint density at radius 2 is 1.91 bits per heavy atom. The minimum atomic E-state index is -3.58. The lowest BCUT2D eigenvalue weighted by Crippen LogP contribution is -2.18. The fourth-order valence-corrected chi connectivity index (χ4v) is 2.99. The van der Waals surface area contributed by atoms with E-state index in [9.17, 15) is 13.2 Å². The average molecular weight is 449 g/mol. The molecule has 22 heavy (non-hydrogen) atoms. The molecule has 1 N–H and O–H groups in total. The number of aromatic nitrogens is 2. The summed E-state index contributed by atoms with van der Waals surface area (Å²) in [7, 11) is -3.58. The van der Waals surface area contributed by atoms with Gasteiger partial charge in [0.25, 0.3) is 5.91 Å². The molecule has 0 spiro atoms. The molecule has 0 unspecified atom stereocenters. The standard InChI is InChI=1S/C13H11Br2N3O3S/c1-2-22(20,21)13-16-7-9(15)11(18-13)12(19)17-10-6-4-3-5-8(10)14/h3-7H,2H2,1H3,(H,17,19). The highest BCUT2D eigenvalue weighted by Gasteiger charge is 2.21. The number of hydrogen-bond donors (Lipinski definition) is 1. The van der Waals surface area contributed by atoms with Gasteiger partial charge in [0, 0.05) is 10.7 Å². The fourth-order valence-electron chi connectivity index (χ4n) is 1.53. The van der Waals surface area contributed by atoms with Gasteiger partial charge >= 0.3 is 0 Å². The summed E-state index contributed by atoms with van der Waals surface area (Å²) in [4.78, 5) is 19.9. The normalized spacial score (nSPS) is 11.2. The lowest BCUT2D eigenvalue weighted by Gasteiger charge is -2.08. The molecule has 6 nitrogen and oxygen atoms in total. The lowest BCUT2D eigenvalue weighted by atomic mass is 10.3.